The average molecular weight is 309 g/mol. The highest BCUT2D eigenvalue weighted by molar-refractivity contribution is 7.81. The zero-order chi connectivity index (χ0) is 14.9. The summed E-state index contributed by atoms with van der Waals surface area (Å²) in [5, 5.41) is 31.6. The van der Waals surface area contributed by atoms with E-state index in [0.717, 1.165) is 5.01 Å². The fourth-order valence-corrected chi connectivity index (χ4v) is 2.59. The fraction of sp³-hybridized carbons (Fsp3) is 0.308. The average Bonchev–Trinajstić information content (AvgIpc) is 2.76. The number of anilines is 1. The van der Waals surface area contributed by atoms with Crippen LogP contribution in [0.2, 0.25) is 0 Å². The standard InChI is InChI=1S/C13H15N3O2S2/c1-13(2,3)11-15-16-12(20-11)14-10(19)8-5-4-7(17)6-9(8)18/h4-6,17-18H,1-3H3,(H,14,16,19). The van der Waals surface area contributed by atoms with Crippen LogP contribution < -0.4 is 5.32 Å². The fourth-order valence-electron chi connectivity index (χ4n) is 1.45. The van der Waals surface area contributed by atoms with Crippen molar-refractivity contribution >= 4 is 33.7 Å². The molecule has 0 bridgehead atoms. The minimum atomic E-state index is -0.0805. The molecule has 5 nitrogen and oxygen atoms in total. The zero-order valence-electron chi connectivity index (χ0n) is 11.3. The van der Waals surface area contributed by atoms with Crippen LogP contribution in [-0.4, -0.2) is 25.4 Å². The number of hydrogen-bond acceptors (Lipinski definition) is 6. The SMILES string of the molecule is CC(C)(C)c1nnc(NC(=S)c2ccc(O)cc2O)s1. The van der Waals surface area contributed by atoms with Gasteiger partial charge in [-0.2, -0.15) is 0 Å². The zero-order valence-corrected chi connectivity index (χ0v) is 13.0. The number of thiocarbonyl (C=S) groups is 1. The third kappa shape index (κ3) is 3.23. The van der Waals surface area contributed by atoms with E-state index in [1.54, 1.807) is 6.07 Å². The van der Waals surface area contributed by atoms with Gasteiger partial charge in [-0.15, -0.1) is 10.2 Å². The maximum Gasteiger partial charge on any atom is 0.210 e. The number of aromatic nitrogens is 2. The molecule has 0 unspecified atom stereocenters. The first-order valence-corrected chi connectivity index (χ1v) is 7.17. The van der Waals surface area contributed by atoms with Gasteiger partial charge < -0.3 is 15.5 Å². The molecule has 0 spiro atoms. The highest BCUT2D eigenvalue weighted by atomic mass is 32.1. The summed E-state index contributed by atoms with van der Waals surface area (Å²) in [4.78, 5) is 0.333. The van der Waals surface area contributed by atoms with Crippen LogP contribution >= 0.6 is 23.6 Å². The van der Waals surface area contributed by atoms with E-state index in [1.165, 1.54) is 23.5 Å². The van der Waals surface area contributed by atoms with Gasteiger partial charge in [-0.25, -0.2) is 0 Å². The topological polar surface area (TPSA) is 78.3 Å². The Kier molecular flexibility index (Phi) is 3.92. The Balaban J connectivity index is 2.17. The first-order chi connectivity index (χ1) is 9.27. The van der Waals surface area contributed by atoms with Crippen LogP contribution in [-0.2, 0) is 5.41 Å². The molecule has 1 aromatic carbocycles. The van der Waals surface area contributed by atoms with Gasteiger partial charge in [-0.1, -0.05) is 44.3 Å². The number of hydrogen-bond donors (Lipinski definition) is 3. The Hall–Kier alpha value is -1.73. The lowest BCUT2D eigenvalue weighted by molar-refractivity contribution is 0.450. The van der Waals surface area contributed by atoms with Crippen molar-refractivity contribution in [1.29, 1.82) is 0 Å². The number of benzene rings is 1. The Morgan fingerprint density at radius 2 is 1.95 bits per heavy atom. The van der Waals surface area contributed by atoms with Gasteiger partial charge in [0.15, 0.2) is 0 Å². The van der Waals surface area contributed by atoms with Crippen LogP contribution in [0.4, 0.5) is 5.13 Å². The van der Waals surface area contributed by atoms with Gasteiger partial charge in [0, 0.05) is 11.5 Å². The van der Waals surface area contributed by atoms with Crippen molar-refractivity contribution in [2.24, 2.45) is 0 Å². The van der Waals surface area contributed by atoms with Crippen molar-refractivity contribution in [3.8, 4) is 11.5 Å². The normalized spacial score (nSPS) is 11.3. The van der Waals surface area contributed by atoms with Gasteiger partial charge >= 0.3 is 0 Å². The van der Waals surface area contributed by atoms with Crippen LogP contribution in [0.5, 0.6) is 11.5 Å². The summed E-state index contributed by atoms with van der Waals surface area (Å²) in [5.41, 5.74) is 0.366. The highest BCUT2D eigenvalue weighted by Gasteiger charge is 2.20. The largest absolute Gasteiger partial charge is 0.508 e. The van der Waals surface area contributed by atoms with Crippen molar-refractivity contribution in [2.75, 3.05) is 5.32 Å². The summed E-state index contributed by atoms with van der Waals surface area (Å²) in [5.74, 6) is -0.0944. The molecule has 0 aliphatic carbocycles. The molecular weight excluding hydrogens is 294 g/mol. The molecule has 0 amide bonds. The summed E-state index contributed by atoms with van der Waals surface area (Å²) >= 11 is 6.64. The molecule has 2 rings (SSSR count). The predicted molar refractivity (Wildman–Crippen MR) is 83.7 cm³/mol. The predicted octanol–water partition coefficient (Wildman–Crippen LogP) is 3.03. The molecule has 0 saturated carbocycles. The number of phenols is 2. The Morgan fingerprint density at radius 3 is 2.50 bits per heavy atom. The highest BCUT2D eigenvalue weighted by Crippen LogP contribution is 2.29. The summed E-state index contributed by atoms with van der Waals surface area (Å²) in [7, 11) is 0. The van der Waals surface area contributed by atoms with Crippen molar-refractivity contribution in [1.82, 2.24) is 10.2 Å². The van der Waals surface area contributed by atoms with E-state index in [1.807, 2.05) is 0 Å². The van der Waals surface area contributed by atoms with Gasteiger partial charge in [0.25, 0.3) is 0 Å². The van der Waals surface area contributed by atoms with Crippen LogP contribution in [0.15, 0.2) is 18.2 Å². The van der Waals surface area contributed by atoms with Crippen LogP contribution in [0.3, 0.4) is 0 Å². The second kappa shape index (κ2) is 5.34. The van der Waals surface area contributed by atoms with Crippen molar-refractivity contribution < 1.29 is 10.2 Å². The van der Waals surface area contributed by atoms with E-state index in [-0.39, 0.29) is 16.9 Å². The Labute approximate surface area is 126 Å². The third-order valence-corrected chi connectivity index (χ3v) is 4.10. The summed E-state index contributed by atoms with van der Waals surface area (Å²) < 4.78 is 0. The third-order valence-electron chi connectivity index (χ3n) is 2.51. The molecule has 7 heteroatoms. The van der Waals surface area contributed by atoms with Crippen LogP contribution in [0, 0.1) is 0 Å². The second-order valence-corrected chi connectivity index (χ2v) is 6.70. The molecule has 0 radical (unpaired) electrons. The first-order valence-electron chi connectivity index (χ1n) is 5.94. The van der Waals surface area contributed by atoms with E-state index >= 15 is 0 Å². The lowest BCUT2D eigenvalue weighted by Gasteiger charge is -2.12. The molecule has 0 atom stereocenters. The lowest BCUT2D eigenvalue weighted by atomic mass is 9.98. The van der Waals surface area contributed by atoms with Gasteiger partial charge in [-0.3, -0.25) is 0 Å². The molecule has 0 aliphatic rings. The molecule has 20 heavy (non-hydrogen) atoms. The molecule has 3 N–H and O–H groups in total. The molecule has 0 fully saturated rings. The number of nitrogens with zero attached hydrogens (tertiary/aromatic N) is 2. The van der Waals surface area contributed by atoms with Crippen molar-refractivity contribution in [3.05, 3.63) is 28.8 Å². The van der Waals surface area contributed by atoms with Crippen molar-refractivity contribution in [3.63, 3.8) is 0 Å². The molecule has 2 aromatic rings. The van der Waals surface area contributed by atoms with E-state index < -0.39 is 0 Å². The summed E-state index contributed by atoms with van der Waals surface area (Å²) in [6, 6.07) is 4.25. The Bertz CT molecular complexity index is 647. The second-order valence-electron chi connectivity index (χ2n) is 5.32. The van der Waals surface area contributed by atoms with Crippen LogP contribution in [0.25, 0.3) is 0 Å². The summed E-state index contributed by atoms with van der Waals surface area (Å²) in [6.45, 7) is 6.17. The van der Waals surface area contributed by atoms with E-state index in [4.69, 9.17) is 12.2 Å². The van der Waals surface area contributed by atoms with E-state index in [0.29, 0.717) is 15.7 Å². The number of nitrogens with one attached hydrogen (secondary N) is 1. The lowest BCUT2D eigenvalue weighted by Crippen LogP contribution is -2.10. The molecule has 1 heterocycles. The van der Waals surface area contributed by atoms with Gasteiger partial charge in [0.05, 0.1) is 5.56 Å². The number of rotatable bonds is 2. The minimum Gasteiger partial charge on any atom is -0.508 e. The molecular formula is C13H15N3O2S2. The van der Waals surface area contributed by atoms with E-state index in [2.05, 4.69) is 36.3 Å². The first kappa shape index (κ1) is 14.7. The number of aromatic hydroxyl groups is 2. The van der Waals surface area contributed by atoms with Gasteiger partial charge in [-0.05, 0) is 12.1 Å². The maximum atomic E-state index is 9.75. The number of phenolic OH excluding ortho intramolecular Hbond substituents is 2. The smallest absolute Gasteiger partial charge is 0.210 e. The van der Waals surface area contributed by atoms with Gasteiger partial charge in [0.2, 0.25) is 5.13 Å². The van der Waals surface area contributed by atoms with Crippen molar-refractivity contribution in [2.45, 2.75) is 26.2 Å². The summed E-state index contributed by atoms with van der Waals surface area (Å²) in [6.07, 6.45) is 0. The Morgan fingerprint density at radius 1 is 1.25 bits per heavy atom. The minimum absolute atomic E-state index is 0.0139. The monoisotopic (exact) mass is 309 g/mol. The molecule has 0 aliphatic heterocycles. The van der Waals surface area contributed by atoms with Crippen LogP contribution in [0.1, 0.15) is 31.3 Å². The van der Waals surface area contributed by atoms with E-state index in [9.17, 15) is 10.2 Å². The van der Waals surface area contributed by atoms with Gasteiger partial charge in [0.1, 0.15) is 21.5 Å². The molecule has 106 valence electrons. The maximum absolute atomic E-state index is 9.75. The molecule has 1 aromatic heterocycles. The quantitative estimate of drug-likeness (QED) is 0.740. The molecule has 0 saturated heterocycles.